The van der Waals surface area contributed by atoms with E-state index in [9.17, 15) is 9.59 Å². The third-order valence-corrected chi connectivity index (χ3v) is 5.93. The molecule has 158 valence electrons. The van der Waals surface area contributed by atoms with Crippen LogP contribution in [0.5, 0.6) is 5.88 Å². The molecule has 1 aliphatic heterocycles. The van der Waals surface area contributed by atoms with Gasteiger partial charge in [-0.2, -0.15) is 0 Å². The van der Waals surface area contributed by atoms with Crippen LogP contribution < -0.4 is 15.0 Å². The van der Waals surface area contributed by atoms with E-state index in [1.54, 1.807) is 20.1 Å². The van der Waals surface area contributed by atoms with Crippen LogP contribution in [0.1, 0.15) is 44.0 Å². The molecule has 7 heteroatoms. The molecule has 1 saturated carbocycles. The number of amides is 2. The average molecular weight is 409 g/mol. The van der Waals surface area contributed by atoms with Gasteiger partial charge >= 0.3 is 6.09 Å². The predicted octanol–water partition coefficient (Wildman–Crippen LogP) is 3.84. The summed E-state index contributed by atoms with van der Waals surface area (Å²) in [7, 11) is 1.55. The number of nitrogens with zero attached hydrogens (tertiary/aromatic N) is 2. The van der Waals surface area contributed by atoms with Crippen molar-refractivity contribution in [3.8, 4) is 5.88 Å². The van der Waals surface area contributed by atoms with Crippen molar-refractivity contribution in [3.63, 3.8) is 0 Å². The average Bonchev–Trinajstić information content (AvgIpc) is 3.59. The topological polar surface area (TPSA) is 80.8 Å². The Hall–Kier alpha value is -3.09. The second kappa shape index (κ2) is 8.34. The zero-order chi connectivity index (χ0) is 21.3. The summed E-state index contributed by atoms with van der Waals surface area (Å²) in [6.45, 7) is 3.83. The summed E-state index contributed by atoms with van der Waals surface area (Å²) in [5.74, 6) is 0.845. The number of rotatable bonds is 5. The zero-order valence-electron chi connectivity index (χ0n) is 17.5. The van der Waals surface area contributed by atoms with Gasteiger partial charge in [0.2, 0.25) is 11.8 Å². The summed E-state index contributed by atoms with van der Waals surface area (Å²) < 4.78 is 10.7. The minimum Gasteiger partial charge on any atom is -0.481 e. The van der Waals surface area contributed by atoms with Gasteiger partial charge < -0.3 is 19.7 Å². The van der Waals surface area contributed by atoms with Crippen LogP contribution in [0.4, 0.5) is 10.5 Å². The highest BCUT2D eigenvalue weighted by atomic mass is 16.5. The Kier molecular flexibility index (Phi) is 5.61. The number of aromatic nitrogens is 1. The first-order chi connectivity index (χ1) is 14.5. The lowest BCUT2D eigenvalue weighted by atomic mass is 9.82. The number of pyridine rings is 1. The van der Waals surface area contributed by atoms with Crippen LogP contribution in [0.2, 0.25) is 0 Å². The largest absolute Gasteiger partial charge is 0.481 e. The number of carbonyl (C=O) groups excluding carboxylic acids is 2. The molecule has 4 rings (SSSR count). The summed E-state index contributed by atoms with van der Waals surface area (Å²) in [6.07, 6.45) is 1.67. The molecule has 1 fully saturated rings. The van der Waals surface area contributed by atoms with Gasteiger partial charge in [0.05, 0.1) is 24.5 Å². The van der Waals surface area contributed by atoms with E-state index < -0.39 is 6.09 Å². The van der Waals surface area contributed by atoms with E-state index in [-0.39, 0.29) is 30.5 Å². The molecular formula is C23H27N3O4. The van der Waals surface area contributed by atoms with E-state index in [0.717, 1.165) is 24.1 Å². The van der Waals surface area contributed by atoms with Gasteiger partial charge in [-0.3, -0.25) is 4.79 Å². The van der Waals surface area contributed by atoms with Crippen molar-refractivity contribution in [1.29, 1.82) is 0 Å². The molecule has 1 aliphatic carbocycles. The van der Waals surface area contributed by atoms with E-state index in [1.807, 2.05) is 41.3 Å². The van der Waals surface area contributed by atoms with Crippen molar-refractivity contribution in [2.45, 2.75) is 45.4 Å². The highest BCUT2D eigenvalue weighted by Crippen LogP contribution is 2.48. The van der Waals surface area contributed by atoms with E-state index >= 15 is 0 Å². The maximum absolute atomic E-state index is 12.6. The minimum absolute atomic E-state index is 0.0159. The number of carbonyl (C=O) groups is 2. The van der Waals surface area contributed by atoms with Crippen LogP contribution in [0.25, 0.3) is 0 Å². The van der Waals surface area contributed by atoms with Crippen molar-refractivity contribution >= 4 is 17.7 Å². The Morgan fingerprint density at radius 3 is 2.53 bits per heavy atom. The van der Waals surface area contributed by atoms with Gasteiger partial charge in [0, 0.05) is 24.9 Å². The number of nitrogens with one attached hydrogen (secondary N) is 1. The number of alkyl carbamates (subject to hydrolysis) is 1. The fourth-order valence-corrected chi connectivity index (χ4v) is 4.39. The van der Waals surface area contributed by atoms with Crippen LogP contribution in [-0.4, -0.2) is 30.1 Å². The van der Waals surface area contributed by atoms with Crippen molar-refractivity contribution in [3.05, 3.63) is 53.7 Å². The lowest BCUT2D eigenvalue weighted by molar-refractivity contribution is -0.117. The highest BCUT2D eigenvalue weighted by molar-refractivity contribution is 5.94. The highest BCUT2D eigenvalue weighted by Gasteiger charge is 2.48. The van der Waals surface area contributed by atoms with Crippen molar-refractivity contribution in [1.82, 2.24) is 10.3 Å². The molecule has 2 amide bonds. The summed E-state index contributed by atoms with van der Waals surface area (Å²) in [5.41, 5.74) is 2.28. The van der Waals surface area contributed by atoms with Crippen LogP contribution in [0.15, 0.2) is 42.5 Å². The lowest BCUT2D eigenvalue weighted by Gasteiger charge is -2.44. The number of anilines is 1. The molecule has 3 atom stereocenters. The number of ether oxygens (including phenoxy) is 2. The molecule has 0 saturated heterocycles. The van der Waals surface area contributed by atoms with Gasteiger partial charge in [-0.05, 0) is 30.4 Å². The first kappa shape index (κ1) is 20.2. The number of fused-ring (bicyclic) bond motifs is 1. The van der Waals surface area contributed by atoms with Crippen molar-refractivity contribution < 1.29 is 19.1 Å². The Labute approximate surface area is 176 Å². The summed E-state index contributed by atoms with van der Waals surface area (Å²) >= 11 is 0. The Morgan fingerprint density at radius 1 is 1.17 bits per heavy atom. The normalized spacial score (nSPS) is 22.8. The standard InChI is InChI=1S/C23H27N3O4/c1-14-20(25-23(28)30-13-16-7-5-4-6-8-16)21-18(11-12-19(24-21)29-3)26(15(2)27)22(14)17-9-10-17/h4-8,11-12,14,17,20,22H,9-10,13H2,1-3H3,(H,25,28)/t14-,20?,22-/m1/s1. The number of hydrogen-bond donors (Lipinski definition) is 1. The molecule has 2 heterocycles. The maximum Gasteiger partial charge on any atom is 0.408 e. The molecular weight excluding hydrogens is 382 g/mol. The van der Waals surface area contributed by atoms with E-state index in [2.05, 4.69) is 17.2 Å². The van der Waals surface area contributed by atoms with Gasteiger partial charge in [0.1, 0.15) is 6.61 Å². The first-order valence-corrected chi connectivity index (χ1v) is 10.3. The van der Waals surface area contributed by atoms with Crippen LogP contribution in [0.3, 0.4) is 0 Å². The number of hydrogen-bond acceptors (Lipinski definition) is 5. The molecule has 0 spiro atoms. The quantitative estimate of drug-likeness (QED) is 0.812. The van der Waals surface area contributed by atoms with Crippen LogP contribution >= 0.6 is 0 Å². The van der Waals surface area contributed by atoms with E-state index in [0.29, 0.717) is 17.5 Å². The van der Waals surface area contributed by atoms with E-state index in [4.69, 9.17) is 9.47 Å². The third-order valence-electron chi connectivity index (χ3n) is 5.93. The minimum atomic E-state index is -0.503. The molecule has 0 radical (unpaired) electrons. The summed E-state index contributed by atoms with van der Waals surface area (Å²) in [5, 5.41) is 3.00. The van der Waals surface area contributed by atoms with Crippen molar-refractivity contribution in [2.24, 2.45) is 11.8 Å². The molecule has 1 aromatic heterocycles. The van der Waals surface area contributed by atoms with Gasteiger partial charge in [0.15, 0.2) is 0 Å². The van der Waals surface area contributed by atoms with Crippen LogP contribution in [0, 0.1) is 11.8 Å². The molecule has 0 bridgehead atoms. The maximum atomic E-state index is 12.6. The molecule has 1 unspecified atom stereocenters. The molecule has 1 N–H and O–H groups in total. The monoisotopic (exact) mass is 409 g/mol. The fourth-order valence-electron chi connectivity index (χ4n) is 4.39. The second-order valence-corrected chi connectivity index (χ2v) is 8.02. The third kappa shape index (κ3) is 3.97. The van der Waals surface area contributed by atoms with Gasteiger partial charge in [-0.1, -0.05) is 37.3 Å². The summed E-state index contributed by atoms with van der Waals surface area (Å²) in [4.78, 5) is 31.6. The lowest BCUT2D eigenvalue weighted by Crippen LogP contribution is -2.53. The number of methoxy groups -OCH3 is 1. The second-order valence-electron chi connectivity index (χ2n) is 8.02. The van der Waals surface area contributed by atoms with Gasteiger partial charge in [-0.15, -0.1) is 0 Å². The Morgan fingerprint density at radius 2 is 1.90 bits per heavy atom. The van der Waals surface area contributed by atoms with Gasteiger partial charge in [-0.25, -0.2) is 9.78 Å². The van der Waals surface area contributed by atoms with E-state index in [1.165, 1.54) is 0 Å². The smallest absolute Gasteiger partial charge is 0.408 e. The molecule has 7 nitrogen and oxygen atoms in total. The Bertz CT molecular complexity index is 929. The van der Waals surface area contributed by atoms with Gasteiger partial charge in [0.25, 0.3) is 0 Å². The molecule has 2 aliphatic rings. The zero-order valence-corrected chi connectivity index (χ0v) is 17.5. The SMILES string of the molecule is COc1ccc2c(n1)C(NC(=O)OCc1ccccc1)[C@@H](C)[C@H](C1CC1)N2C(C)=O. The predicted molar refractivity (Wildman–Crippen MR) is 112 cm³/mol. The fraction of sp³-hybridized carbons (Fsp3) is 0.435. The molecule has 2 aromatic rings. The Balaban J connectivity index is 1.61. The van der Waals surface area contributed by atoms with Crippen LogP contribution in [-0.2, 0) is 16.1 Å². The first-order valence-electron chi connectivity index (χ1n) is 10.3. The molecule has 1 aromatic carbocycles. The summed E-state index contributed by atoms with van der Waals surface area (Å²) in [6, 6.07) is 12.8. The molecule has 30 heavy (non-hydrogen) atoms. The number of benzene rings is 1. The van der Waals surface area contributed by atoms with Crippen molar-refractivity contribution in [2.75, 3.05) is 12.0 Å².